The molecule has 1 aliphatic rings. The second-order valence-corrected chi connectivity index (χ2v) is 6.74. The van der Waals surface area contributed by atoms with Gasteiger partial charge in [-0.25, -0.2) is 0 Å². The first-order chi connectivity index (χ1) is 12.8. The highest BCUT2D eigenvalue weighted by Crippen LogP contribution is 2.44. The molecule has 0 saturated carbocycles. The van der Waals surface area contributed by atoms with Gasteiger partial charge in [-0.2, -0.15) is 0 Å². The van der Waals surface area contributed by atoms with E-state index in [-0.39, 0.29) is 0 Å². The van der Waals surface area contributed by atoms with Gasteiger partial charge in [0.2, 0.25) is 0 Å². The Morgan fingerprint density at radius 1 is 0.769 bits per heavy atom. The molecule has 0 amide bonds. The number of aryl methyl sites for hydroxylation is 1. The molecule has 0 aliphatic carbocycles. The van der Waals surface area contributed by atoms with Gasteiger partial charge in [0.15, 0.2) is 5.60 Å². The van der Waals surface area contributed by atoms with Crippen molar-refractivity contribution in [2.24, 2.45) is 7.05 Å². The fourth-order valence-corrected chi connectivity index (χ4v) is 3.87. The highest BCUT2D eigenvalue weighted by molar-refractivity contribution is 5.92. The molecule has 0 N–H and O–H groups in total. The minimum atomic E-state index is -0.613. The van der Waals surface area contributed by atoms with Crippen molar-refractivity contribution < 1.29 is 4.74 Å². The van der Waals surface area contributed by atoms with Crippen LogP contribution in [0.5, 0.6) is 5.75 Å². The van der Waals surface area contributed by atoms with Crippen LogP contribution in [0.15, 0.2) is 91.1 Å². The third kappa shape index (κ3) is 2.12. The average molecular weight is 337 g/mol. The molecule has 5 rings (SSSR count). The molecule has 1 aliphatic heterocycles. The standard InChI is InChI=1S/C24H19NO/c1-25-17-15-20-21-14-16-24(18-8-4-2-5-9-18,19-10-6-3-7-11-19)26-23(21)13-12-22(20)25/h2-17H,1H3. The van der Waals surface area contributed by atoms with Crippen LogP contribution in [-0.4, -0.2) is 4.57 Å². The highest BCUT2D eigenvalue weighted by Gasteiger charge is 2.37. The normalized spacial score (nSPS) is 14.8. The molecule has 4 aromatic rings. The molecule has 0 saturated heterocycles. The lowest BCUT2D eigenvalue weighted by molar-refractivity contribution is 0.161. The van der Waals surface area contributed by atoms with Gasteiger partial charge in [-0.3, -0.25) is 0 Å². The smallest absolute Gasteiger partial charge is 0.178 e. The number of fused-ring (bicyclic) bond motifs is 3. The van der Waals surface area contributed by atoms with E-state index >= 15 is 0 Å². The lowest BCUT2D eigenvalue weighted by atomic mass is 9.83. The summed E-state index contributed by atoms with van der Waals surface area (Å²) >= 11 is 0. The largest absolute Gasteiger partial charge is 0.473 e. The number of hydrogen-bond donors (Lipinski definition) is 0. The van der Waals surface area contributed by atoms with Gasteiger partial charge in [-0.1, -0.05) is 60.7 Å². The summed E-state index contributed by atoms with van der Waals surface area (Å²) in [5.74, 6) is 0.916. The van der Waals surface area contributed by atoms with Crippen LogP contribution in [-0.2, 0) is 12.6 Å². The molecule has 0 radical (unpaired) electrons. The van der Waals surface area contributed by atoms with E-state index in [1.807, 2.05) is 12.1 Å². The van der Waals surface area contributed by atoms with Crippen molar-refractivity contribution in [3.63, 3.8) is 0 Å². The monoisotopic (exact) mass is 337 g/mol. The van der Waals surface area contributed by atoms with Crippen molar-refractivity contribution in [2.45, 2.75) is 5.60 Å². The van der Waals surface area contributed by atoms with E-state index < -0.39 is 5.60 Å². The lowest BCUT2D eigenvalue weighted by Crippen LogP contribution is -2.34. The Hall–Kier alpha value is -3.26. The zero-order chi connectivity index (χ0) is 17.6. The summed E-state index contributed by atoms with van der Waals surface area (Å²) in [5.41, 5.74) is 4.00. The van der Waals surface area contributed by atoms with E-state index in [1.165, 1.54) is 10.9 Å². The van der Waals surface area contributed by atoms with Crippen molar-refractivity contribution in [3.05, 3.63) is 108 Å². The first kappa shape index (κ1) is 15.0. The first-order valence-corrected chi connectivity index (χ1v) is 8.85. The van der Waals surface area contributed by atoms with Crippen LogP contribution in [0.4, 0.5) is 0 Å². The van der Waals surface area contributed by atoms with Crippen LogP contribution in [0.3, 0.4) is 0 Å². The van der Waals surface area contributed by atoms with Gasteiger partial charge in [0.25, 0.3) is 0 Å². The molecule has 0 atom stereocenters. The molecular formula is C24H19NO. The Morgan fingerprint density at radius 2 is 1.42 bits per heavy atom. The number of nitrogens with zero attached hydrogens (tertiary/aromatic N) is 1. The lowest BCUT2D eigenvalue weighted by Gasteiger charge is -2.36. The quantitative estimate of drug-likeness (QED) is 0.469. The van der Waals surface area contributed by atoms with Gasteiger partial charge in [0.05, 0.1) is 0 Å². The zero-order valence-corrected chi connectivity index (χ0v) is 14.6. The minimum absolute atomic E-state index is 0.613. The van der Waals surface area contributed by atoms with Crippen molar-refractivity contribution in [3.8, 4) is 5.75 Å². The molecule has 0 unspecified atom stereocenters. The van der Waals surface area contributed by atoms with E-state index in [0.717, 1.165) is 22.4 Å². The molecule has 3 aromatic carbocycles. The average Bonchev–Trinajstić information content (AvgIpc) is 3.10. The second-order valence-electron chi connectivity index (χ2n) is 6.74. The molecule has 0 fully saturated rings. The molecule has 2 heterocycles. The Labute approximate surface area is 153 Å². The fourth-order valence-electron chi connectivity index (χ4n) is 3.87. The summed E-state index contributed by atoms with van der Waals surface area (Å²) in [5, 5.41) is 1.22. The first-order valence-electron chi connectivity index (χ1n) is 8.85. The third-order valence-corrected chi connectivity index (χ3v) is 5.23. The number of ether oxygens (including phenoxy) is 1. The Kier molecular flexibility index (Phi) is 3.26. The van der Waals surface area contributed by atoms with Crippen molar-refractivity contribution in [2.75, 3.05) is 0 Å². The van der Waals surface area contributed by atoms with E-state index in [2.05, 4.69) is 96.7 Å². The van der Waals surface area contributed by atoms with Crippen LogP contribution < -0.4 is 4.74 Å². The predicted octanol–water partition coefficient (Wildman–Crippen LogP) is 5.53. The van der Waals surface area contributed by atoms with Gasteiger partial charge < -0.3 is 9.30 Å². The Balaban J connectivity index is 1.74. The van der Waals surface area contributed by atoms with Gasteiger partial charge >= 0.3 is 0 Å². The van der Waals surface area contributed by atoms with Crippen LogP contribution in [0.1, 0.15) is 16.7 Å². The summed E-state index contributed by atoms with van der Waals surface area (Å²) in [6, 6.07) is 27.2. The van der Waals surface area contributed by atoms with Crippen LogP contribution >= 0.6 is 0 Å². The van der Waals surface area contributed by atoms with Crippen LogP contribution in [0, 0.1) is 0 Å². The van der Waals surface area contributed by atoms with Crippen molar-refractivity contribution >= 4 is 17.0 Å². The van der Waals surface area contributed by atoms with E-state index in [1.54, 1.807) is 0 Å². The topological polar surface area (TPSA) is 14.2 Å². The van der Waals surface area contributed by atoms with E-state index in [4.69, 9.17) is 4.74 Å². The summed E-state index contributed by atoms with van der Waals surface area (Å²) in [7, 11) is 2.07. The summed E-state index contributed by atoms with van der Waals surface area (Å²) in [6.45, 7) is 0. The Morgan fingerprint density at radius 3 is 2.08 bits per heavy atom. The van der Waals surface area contributed by atoms with Gasteiger partial charge in [0.1, 0.15) is 5.75 Å². The minimum Gasteiger partial charge on any atom is -0.473 e. The Bertz CT molecular complexity index is 1070. The van der Waals surface area contributed by atoms with Crippen LogP contribution in [0.2, 0.25) is 0 Å². The predicted molar refractivity (Wildman–Crippen MR) is 106 cm³/mol. The summed E-state index contributed by atoms with van der Waals surface area (Å²) in [6.07, 6.45) is 6.49. The summed E-state index contributed by atoms with van der Waals surface area (Å²) in [4.78, 5) is 0. The summed E-state index contributed by atoms with van der Waals surface area (Å²) < 4.78 is 8.85. The molecule has 0 spiro atoms. The van der Waals surface area contributed by atoms with Crippen LogP contribution in [0.25, 0.3) is 17.0 Å². The maximum atomic E-state index is 6.71. The van der Waals surface area contributed by atoms with E-state index in [0.29, 0.717) is 0 Å². The molecule has 2 heteroatoms. The molecule has 0 bridgehead atoms. The van der Waals surface area contributed by atoms with Gasteiger partial charge in [0, 0.05) is 40.8 Å². The van der Waals surface area contributed by atoms with Crippen molar-refractivity contribution in [1.29, 1.82) is 0 Å². The number of benzene rings is 3. The second kappa shape index (κ2) is 5.63. The fraction of sp³-hybridized carbons (Fsp3) is 0.0833. The number of aromatic nitrogens is 1. The zero-order valence-electron chi connectivity index (χ0n) is 14.6. The highest BCUT2D eigenvalue weighted by atomic mass is 16.5. The van der Waals surface area contributed by atoms with Crippen molar-refractivity contribution in [1.82, 2.24) is 4.57 Å². The molecule has 2 nitrogen and oxygen atoms in total. The molecule has 26 heavy (non-hydrogen) atoms. The number of hydrogen-bond acceptors (Lipinski definition) is 1. The molecule has 126 valence electrons. The SMILES string of the molecule is Cn1ccc2c3c(ccc21)OC(c1ccccc1)(c1ccccc1)C=C3. The third-order valence-electron chi connectivity index (χ3n) is 5.23. The number of rotatable bonds is 2. The maximum Gasteiger partial charge on any atom is 0.178 e. The van der Waals surface area contributed by atoms with Gasteiger partial charge in [-0.05, 0) is 30.4 Å². The molecular weight excluding hydrogens is 318 g/mol. The molecule has 1 aromatic heterocycles. The van der Waals surface area contributed by atoms with Gasteiger partial charge in [-0.15, -0.1) is 0 Å². The maximum absolute atomic E-state index is 6.71. The van der Waals surface area contributed by atoms with E-state index in [9.17, 15) is 0 Å².